The van der Waals surface area contributed by atoms with Crippen molar-refractivity contribution in [2.45, 2.75) is 51.7 Å². The highest BCUT2D eigenvalue weighted by Crippen LogP contribution is 2.42. The number of phenols is 1. The van der Waals surface area contributed by atoms with E-state index < -0.39 is 17.7 Å². The van der Waals surface area contributed by atoms with Gasteiger partial charge >= 0.3 is 0 Å². The van der Waals surface area contributed by atoms with Crippen molar-refractivity contribution < 1.29 is 29.3 Å². The molecule has 180 valence electrons. The molecule has 2 saturated heterocycles. The summed E-state index contributed by atoms with van der Waals surface area (Å²) in [5.41, 5.74) is 2.64. The standard InChI is InChI=1S/C27H31NO6/c1-15(2)20-13-21(16(3)11-22(20)33-4)25(30)23-24(17-7-5-8-18(29)12-17)28(27(32)26(23)31)14-19-9-6-10-34-19/h5,7-8,11-13,15,19,24,29-30H,6,9-10,14H2,1-4H3/b25-23+. The number of hydrogen-bond acceptors (Lipinski definition) is 6. The zero-order valence-electron chi connectivity index (χ0n) is 20.0. The van der Waals surface area contributed by atoms with Crippen LogP contribution in [-0.4, -0.2) is 53.2 Å². The third-order valence-corrected chi connectivity index (χ3v) is 6.60. The van der Waals surface area contributed by atoms with Crippen molar-refractivity contribution in [3.8, 4) is 11.5 Å². The predicted molar refractivity (Wildman–Crippen MR) is 128 cm³/mol. The molecule has 0 aromatic heterocycles. The molecule has 4 rings (SSSR count). The predicted octanol–water partition coefficient (Wildman–Crippen LogP) is 4.43. The van der Waals surface area contributed by atoms with Gasteiger partial charge in [0.1, 0.15) is 17.3 Å². The summed E-state index contributed by atoms with van der Waals surface area (Å²) in [6.45, 7) is 6.72. The molecule has 7 heteroatoms. The number of rotatable bonds is 6. The Bertz CT molecular complexity index is 1150. The maximum Gasteiger partial charge on any atom is 0.295 e. The fourth-order valence-corrected chi connectivity index (χ4v) is 4.84. The molecule has 34 heavy (non-hydrogen) atoms. The van der Waals surface area contributed by atoms with Crippen molar-refractivity contribution >= 4 is 17.4 Å². The van der Waals surface area contributed by atoms with Crippen molar-refractivity contribution in [2.75, 3.05) is 20.3 Å². The molecule has 2 atom stereocenters. The highest BCUT2D eigenvalue weighted by atomic mass is 16.5. The number of aryl methyl sites for hydroxylation is 1. The Morgan fingerprint density at radius 1 is 1.24 bits per heavy atom. The molecule has 2 fully saturated rings. The van der Waals surface area contributed by atoms with Gasteiger partial charge in [0.25, 0.3) is 11.7 Å². The Hall–Kier alpha value is -3.32. The molecule has 2 unspecified atom stereocenters. The van der Waals surface area contributed by atoms with Crippen LogP contribution in [0.15, 0.2) is 42.0 Å². The number of aromatic hydroxyl groups is 1. The Labute approximate surface area is 199 Å². The maximum absolute atomic E-state index is 13.3. The zero-order chi connectivity index (χ0) is 24.6. The van der Waals surface area contributed by atoms with Crippen LogP contribution >= 0.6 is 0 Å². The van der Waals surface area contributed by atoms with Crippen molar-refractivity contribution in [1.29, 1.82) is 0 Å². The van der Waals surface area contributed by atoms with Gasteiger partial charge in [0, 0.05) is 18.7 Å². The molecule has 2 N–H and O–H groups in total. The Balaban J connectivity index is 1.89. The number of carbonyl (C=O) groups is 2. The number of carbonyl (C=O) groups excluding carboxylic acids is 2. The third-order valence-electron chi connectivity index (χ3n) is 6.60. The van der Waals surface area contributed by atoms with Crippen LogP contribution in [-0.2, 0) is 14.3 Å². The van der Waals surface area contributed by atoms with Crippen LogP contribution in [0.5, 0.6) is 11.5 Å². The minimum absolute atomic E-state index is 0.0107. The molecule has 0 radical (unpaired) electrons. The number of Topliss-reactive ketones (excluding diaryl/α,β-unsaturated/α-hetero) is 1. The number of nitrogens with zero attached hydrogens (tertiary/aromatic N) is 1. The van der Waals surface area contributed by atoms with Gasteiger partial charge in [-0.25, -0.2) is 0 Å². The van der Waals surface area contributed by atoms with Crippen LogP contribution in [0.25, 0.3) is 5.76 Å². The van der Waals surface area contributed by atoms with Crippen LogP contribution in [0.4, 0.5) is 0 Å². The summed E-state index contributed by atoms with van der Waals surface area (Å²) in [5.74, 6) is -0.824. The zero-order valence-corrected chi connectivity index (χ0v) is 20.0. The van der Waals surface area contributed by atoms with Crippen LogP contribution in [0.3, 0.4) is 0 Å². The second-order valence-electron chi connectivity index (χ2n) is 9.25. The molecule has 0 aliphatic carbocycles. The Kier molecular flexibility index (Phi) is 6.66. The summed E-state index contributed by atoms with van der Waals surface area (Å²) < 4.78 is 11.2. The van der Waals surface area contributed by atoms with E-state index in [9.17, 15) is 19.8 Å². The molecule has 0 spiro atoms. The van der Waals surface area contributed by atoms with Gasteiger partial charge in [0.15, 0.2) is 0 Å². The number of aliphatic hydroxyl groups is 1. The minimum atomic E-state index is -0.833. The second-order valence-corrected chi connectivity index (χ2v) is 9.25. The minimum Gasteiger partial charge on any atom is -0.508 e. The van der Waals surface area contributed by atoms with E-state index in [2.05, 4.69) is 0 Å². The summed E-state index contributed by atoms with van der Waals surface area (Å²) in [4.78, 5) is 27.9. The molecule has 2 aromatic rings. The van der Waals surface area contributed by atoms with Gasteiger partial charge in [-0.2, -0.15) is 0 Å². The van der Waals surface area contributed by atoms with Gasteiger partial charge < -0.3 is 24.6 Å². The summed E-state index contributed by atoms with van der Waals surface area (Å²) in [6.07, 6.45) is 1.52. The number of phenolic OH excluding ortho intramolecular Hbond substituents is 1. The van der Waals surface area contributed by atoms with E-state index in [1.54, 1.807) is 19.2 Å². The van der Waals surface area contributed by atoms with E-state index in [1.165, 1.54) is 17.0 Å². The maximum atomic E-state index is 13.3. The number of aliphatic hydroxyl groups excluding tert-OH is 1. The number of methoxy groups -OCH3 is 1. The van der Waals surface area contributed by atoms with Gasteiger partial charge in [0.2, 0.25) is 0 Å². The molecule has 2 heterocycles. The van der Waals surface area contributed by atoms with Gasteiger partial charge in [-0.05, 0) is 66.6 Å². The molecule has 2 aromatic carbocycles. The normalized spacial score (nSPS) is 22.1. The van der Waals surface area contributed by atoms with E-state index in [-0.39, 0.29) is 35.6 Å². The molecule has 0 saturated carbocycles. The van der Waals surface area contributed by atoms with Gasteiger partial charge in [-0.15, -0.1) is 0 Å². The fraction of sp³-hybridized carbons (Fsp3) is 0.407. The summed E-state index contributed by atoms with van der Waals surface area (Å²) in [7, 11) is 1.60. The largest absolute Gasteiger partial charge is 0.508 e. The monoisotopic (exact) mass is 465 g/mol. The lowest BCUT2D eigenvalue weighted by Gasteiger charge is -2.27. The number of benzene rings is 2. The Morgan fingerprint density at radius 2 is 2.00 bits per heavy atom. The lowest BCUT2D eigenvalue weighted by Crippen LogP contribution is -2.36. The molecule has 1 amide bonds. The summed E-state index contributed by atoms with van der Waals surface area (Å²) >= 11 is 0. The van der Waals surface area contributed by atoms with E-state index >= 15 is 0 Å². The number of ketones is 1. The highest BCUT2D eigenvalue weighted by Gasteiger charge is 2.47. The molecular formula is C27H31NO6. The topological polar surface area (TPSA) is 96.3 Å². The van der Waals surface area contributed by atoms with Crippen LogP contribution < -0.4 is 4.74 Å². The fourth-order valence-electron chi connectivity index (χ4n) is 4.84. The van der Waals surface area contributed by atoms with Gasteiger partial charge in [0.05, 0.1) is 24.8 Å². The average molecular weight is 466 g/mol. The van der Waals surface area contributed by atoms with Crippen molar-refractivity contribution in [3.63, 3.8) is 0 Å². The van der Waals surface area contributed by atoms with Crippen molar-refractivity contribution in [1.82, 2.24) is 4.90 Å². The smallest absolute Gasteiger partial charge is 0.295 e. The SMILES string of the molecule is COc1cc(C)c(/C(O)=C2\C(=O)C(=O)N(CC3CCCO3)C2c2cccc(O)c2)cc1C(C)C. The summed E-state index contributed by atoms with van der Waals surface area (Å²) in [6, 6.07) is 9.27. The van der Waals surface area contributed by atoms with E-state index in [0.717, 1.165) is 24.0 Å². The van der Waals surface area contributed by atoms with Crippen LogP contribution in [0.2, 0.25) is 0 Å². The van der Waals surface area contributed by atoms with Crippen LogP contribution in [0.1, 0.15) is 60.9 Å². The molecule has 2 aliphatic rings. The third kappa shape index (κ3) is 4.28. The number of amides is 1. The van der Waals surface area contributed by atoms with Crippen LogP contribution in [0, 0.1) is 6.92 Å². The van der Waals surface area contributed by atoms with Gasteiger partial charge in [-0.3, -0.25) is 9.59 Å². The first-order chi connectivity index (χ1) is 16.2. The highest BCUT2D eigenvalue weighted by molar-refractivity contribution is 6.46. The van der Waals surface area contributed by atoms with Gasteiger partial charge in [-0.1, -0.05) is 26.0 Å². The lowest BCUT2D eigenvalue weighted by atomic mass is 9.91. The van der Waals surface area contributed by atoms with E-state index in [1.807, 2.05) is 32.9 Å². The first-order valence-corrected chi connectivity index (χ1v) is 11.6. The quantitative estimate of drug-likeness (QED) is 0.372. The first-order valence-electron chi connectivity index (χ1n) is 11.6. The number of likely N-dealkylation sites (tertiary alicyclic amines) is 1. The van der Waals surface area contributed by atoms with E-state index in [4.69, 9.17) is 9.47 Å². The number of ether oxygens (including phenoxy) is 2. The summed E-state index contributed by atoms with van der Waals surface area (Å²) in [5, 5.41) is 21.6. The Morgan fingerprint density at radius 3 is 2.62 bits per heavy atom. The average Bonchev–Trinajstić information content (AvgIpc) is 3.40. The molecule has 7 nitrogen and oxygen atoms in total. The van der Waals surface area contributed by atoms with Crippen molar-refractivity contribution in [3.05, 3.63) is 64.2 Å². The van der Waals surface area contributed by atoms with E-state index in [0.29, 0.717) is 23.5 Å². The first kappa shape index (κ1) is 23.8. The molecular weight excluding hydrogens is 434 g/mol. The van der Waals surface area contributed by atoms with Crippen molar-refractivity contribution in [2.24, 2.45) is 0 Å². The lowest BCUT2D eigenvalue weighted by molar-refractivity contribution is -0.140. The number of hydrogen-bond donors (Lipinski definition) is 2. The molecule has 2 aliphatic heterocycles. The molecule has 0 bridgehead atoms. The second kappa shape index (κ2) is 9.50.